The van der Waals surface area contributed by atoms with Crippen molar-refractivity contribution in [1.82, 2.24) is 19.3 Å². The zero-order chi connectivity index (χ0) is 15.5. The summed E-state index contributed by atoms with van der Waals surface area (Å²) < 4.78 is 27.1. The summed E-state index contributed by atoms with van der Waals surface area (Å²) >= 11 is 0. The molecule has 0 aliphatic heterocycles. The molecule has 1 aromatic heterocycles. The van der Waals surface area contributed by atoms with E-state index in [0.717, 1.165) is 11.3 Å². The lowest BCUT2D eigenvalue weighted by atomic mass is 10.2. The minimum atomic E-state index is -3.42. The van der Waals surface area contributed by atoms with Crippen molar-refractivity contribution in [2.45, 2.75) is 17.9 Å². The molecule has 0 aliphatic rings. The molecule has 0 atom stereocenters. The van der Waals surface area contributed by atoms with Crippen LogP contribution in [0.4, 0.5) is 0 Å². The highest BCUT2D eigenvalue weighted by Gasteiger charge is 2.17. The van der Waals surface area contributed by atoms with E-state index in [1.807, 2.05) is 12.3 Å². The molecule has 2 N–H and O–H groups in total. The van der Waals surface area contributed by atoms with Crippen molar-refractivity contribution < 1.29 is 8.42 Å². The van der Waals surface area contributed by atoms with Gasteiger partial charge in [-0.3, -0.25) is 0 Å². The first kappa shape index (κ1) is 15.6. The second-order valence-corrected chi connectivity index (χ2v) is 7.03. The van der Waals surface area contributed by atoms with Crippen molar-refractivity contribution in [3.63, 3.8) is 0 Å². The molecule has 0 unspecified atom stereocenters. The summed E-state index contributed by atoms with van der Waals surface area (Å²) in [4.78, 5) is 0.271. The fourth-order valence-corrected chi connectivity index (χ4v) is 2.85. The van der Waals surface area contributed by atoms with Crippen LogP contribution in [-0.2, 0) is 23.0 Å². The third kappa shape index (κ3) is 3.66. The minimum Gasteiger partial charge on any atom is -0.330 e. The van der Waals surface area contributed by atoms with Gasteiger partial charge in [-0.25, -0.2) is 17.4 Å². The standard InChI is InChI=1S/C13H19N5O2S/c1-17(2)21(19,20)13-5-3-4-11(8-13)9-18-10-12(6-7-14)15-16-18/h3-5,8,10H,6-7,9,14H2,1-2H3. The van der Waals surface area contributed by atoms with Crippen molar-refractivity contribution in [2.24, 2.45) is 5.73 Å². The summed E-state index contributed by atoms with van der Waals surface area (Å²) in [5.41, 5.74) is 7.15. The maximum atomic E-state index is 12.1. The van der Waals surface area contributed by atoms with E-state index < -0.39 is 10.0 Å². The van der Waals surface area contributed by atoms with Crippen LogP contribution in [0.3, 0.4) is 0 Å². The topological polar surface area (TPSA) is 94.1 Å². The first-order valence-corrected chi connectivity index (χ1v) is 7.98. The van der Waals surface area contributed by atoms with Crippen molar-refractivity contribution >= 4 is 10.0 Å². The van der Waals surface area contributed by atoms with Gasteiger partial charge in [-0.15, -0.1) is 5.10 Å². The van der Waals surface area contributed by atoms with Gasteiger partial charge in [-0.2, -0.15) is 0 Å². The van der Waals surface area contributed by atoms with E-state index in [1.54, 1.807) is 22.9 Å². The smallest absolute Gasteiger partial charge is 0.242 e. The molecule has 0 fully saturated rings. The van der Waals surface area contributed by atoms with Gasteiger partial charge in [-0.1, -0.05) is 17.3 Å². The van der Waals surface area contributed by atoms with Gasteiger partial charge in [0.2, 0.25) is 10.0 Å². The van der Waals surface area contributed by atoms with Crippen LogP contribution in [-0.4, -0.2) is 48.4 Å². The van der Waals surface area contributed by atoms with Crippen molar-refractivity contribution in [2.75, 3.05) is 20.6 Å². The molecule has 2 rings (SSSR count). The lowest BCUT2D eigenvalue weighted by Gasteiger charge is -2.12. The highest BCUT2D eigenvalue weighted by molar-refractivity contribution is 7.89. The summed E-state index contributed by atoms with van der Waals surface area (Å²) in [6.07, 6.45) is 2.50. The van der Waals surface area contributed by atoms with E-state index in [-0.39, 0.29) is 4.90 Å². The molecule has 1 aromatic carbocycles. The van der Waals surface area contributed by atoms with Gasteiger partial charge >= 0.3 is 0 Å². The molecule has 0 bridgehead atoms. The Kier molecular flexibility index (Phi) is 4.71. The molecule has 0 aliphatic carbocycles. The van der Waals surface area contributed by atoms with Crippen LogP contribution in [0.15, 0.2) is 35.4 Å². The van der Waals surface area contributed by atoms with Crippen LogP contribution >= 0.6 is 0 Å². The van der Waals surface area contributed by atoms with E-state index in [4.69, 9.17) is 5.73 Å². The highest BCUT2D eigenvalue weighted by Crippen LogP contribution is 2.15. The average Bonchev–Trinajstić information content (AvgIpc) is 2.86. The number of aromatic nitrogens is 3. The maximum Gasteiger partial charge on any atom is 0.242 e. The van der Waals surface area contributed by atoms with Crippen LogP contribution in [0.1, 0.15) is 11.3 Å². The summed E-state index contributed by atoms with van der Waals surface area (Å²) in [6, 6.07) is 6.82. The van der Waals surface area contributed by atoms with Crippen LogP contribution < -0.4 is 5.73 Å². The fourth-order valence-electron chi connectivity index (χ4n) is 1.88. The minimum absolute atomic E-state index is 0.271. The monoisotopic (exact) mass is 309 g/mol. The predicted molar refractivity (Wildman–Crippen MR) is 79.2 cm³/mol. The third-order valence-electron chi connectivity index (χ3n) is 3.01. The van der Waals surface area contributed by atoms with E-state index in [0.29, 0.717) is 19.5 Å². The molecule has 114 valence electrons. The Morgan fingerprint density at radius 3 is 2.76 bits per heavy atom. The molecule has 0 spiro atoms. The molecule has 8 heteroatoms. The van der Waals surface area contributed by atoms with Crippen LogP contribution in [0.2, 0.25) is 0 Å². The third-order valence-corrected chi connectivity index (χ3v) is 4.82. The van der Waals surface area contributed by atoms with E-state index in [9.17, 15) is 8.42 Å². The number of sulfonamides is 1. The van der Waals surface area contributed by atoms with Crippen LogP contribution in [0.25, 0.3) is 0 Å². The van der Waals surface area contributed by atoms with Crippen molar-refractivity contribution in [3.05, 3.63) is 41.7 Å². The average molecular weight is 309 g/mol. The normalized spacial score (nSPS) is 12.0. The SMILES string of the molecule is CN(C)S(=O)(=O)c1cccc(Cn2cc(CCN)nn2)c1. The molecule has 0 saturated heterocycles. The Morgan fingerprint density at radius 1 is 1.33 bits per heavy atom. The summed E-state index contributed by atoms with van der Waals surface area (Å²) in [5.74, 6) is 0. The van der Waals surface area contributed by atoms with Crippen LogP contribution in [0.5, 0.6) is 0 Å². The van der Waals surface area contributed by atoms with E-state index >= 15 is 0 Å². The highest BCUT2D eigenvalue weighted by atomic mass is 32.2. The van der Waals surface area contributed by atoms with Crippen molar-refractivity contribution in [3.8, 4) is 0 Å². The molecule has 1 heterocycles. The number of rotatable bonds is 6. The van der Waals surface area contributed by atoms with Crippen molar-refractivity contribution in [1.29, 1.82) is 0 Å². The summed E-state index contributed by atoms with van der Waals surface area (Å²) in [5, 5.41) is 8.02. The van der Waals surface area contributed by atoms with E-state index in [1.165, 1.54) is 18.4 Å². The zero-order valence-electron chi connectivity index (χ0n) is 12.1. The molecule has 0 radical (unpaired) electrons. The maximum absolute atomic E-state index is 12.1. The quantitative estimate of drug-likeness (QED) is 0.815. The van der Waals surface area contributed by atoms with E-state index in [2.05, 4.69) is 10.3 Å². The molecule has 21 heavy (non-hydrogen) atoms. The Labute approximate surface area is 124 Å². The fraction of sp³-hybridized carbons (Fsp3) is 0.385. The lowest BCUT2D eigenvalue weighted by molar-refractivity contribution is 0.520. The molecular formula is C13H19N5O2S. The number of nitrogens with zero attached hydrogens (tertiary/aromatic N) is 4. The van der Waals surface area contributed by atoms with Gasteiger partial charge in [0.15, 0.2) is 0 Å². The largest absolute Gasteiger partial charge is 0.330 e. The Morgan fingerprint density at radius 2 is 2.10 bits per heavy atom. The zero-order valence-corrected chi connectivity index (χ0v) is 12.9. The molecule has 0 saturated carbocycles. The summed E-state index contributed by atoms with van der Waals surface area (Å²) in [7, 11) is -0.399. The van der Waals surface area contributed by atoms with Gasteiger partial charge < -0.3 is 5.73 Å². The Hall–Kier alpha value is -1.77. The number of hydrogen-bond donors (Lipinski definition) is 1. The molecule has 0 amide bonds. The molecular weight excluding hydrogens is 290 g/mol. The lowest BCUT2D eigenvalue weighted by Crippen LogP contribution is -2.22. The number of hydrogen-bond acceptors (Lipinski definition) is 5. The second-order valence-electron chi connectivity index (χ2n) is 4.88. The summed E-state index contributed by atoms with van der Waals surface area (Å²) in [6.45, 7) is 0.990. The first-order chi connectivity index (χ1) is 9.93. The molecule has 7 nitrogen and oxygen atoms in total. The van der Waals surface area contributed by atoms with Gasteiger partial charge in [0.25, 0.3) is 0 Å². The first-order valence-electron chi connectivity index (χ1n) is 6.54. The van der Waals surface area contributed by atoms with Gasteiger partial charge in [-0.05, 0) is 24.2 Å². The Balaban J connectivity index is 2.21. The van der Waals surface area contributed by atoms with Crippen LogP contribution in [0, 0.1) is 0 Å². The van der Waals surface area contributed by atoms with Gasteiger partial charge in [0, 0.05) is 26.7 Å². The number of nitrogens with two attached hydrogens (primary N) is 1. The van der Waals surface area contributed by atoms with Gasteiger partial charge in [0.05, 0.1) is 17.1 Å². The van der Waals surface area contributed by atoms with Gasteiger partial charge in [0.1, 0.15) is 0 Å². The number of benzene rings is 1. The molecule has 2 aromatic rings. The predicted octanol–water partition coefficient (Wildman–Crippen LogP) is 0.0779. The Bertz CT molecular complexity index is 709. The second kappa shape index (κ2) is 6.33.